The number of aryl methyl sites for hydroxylation is 1. The number of aromatic amines is 1. The standard InChI is InChI=1S/C23H31F2N5/c1-17-3-4-21(27-14-17)23(25,15-24)16-30-11-7-19(8-12-30)28-20-6-10-29(2)22-18(13-20)5-9-26-22/h3-6,9,14,19,26,28H,7-8,10-13,15-16H2,1-2H3. The van der Waals surface area contributed by atoms with E-state index in [0.717, 1.165) is 44.5 Å². The lowest BCUT2D eigenvalue weighted by Crippen LogP contribution is -2.47. The number of alkyl halides is 2. The first-order valence-electron chi connectivity index (χ1n) is 10.7. The molecule has 0 amide bonds. The number of nitrogens with one attached hydrogen (secondary N) is 2. The Morgan fingerprint density at radius 1 is 1.27 bits per heavy atom. The minimum Gasteiger partial charge on any atom is -0.385 e. The van der Waals surface area contributed by atoms with Crippen molar-refractivity contribution in [3.05, 3.63) is 59.2 Å². The number of fused-ring (bicyclic) bond motifs is 1. The molecule has 4 rings (SSSR count). The van der Waals surface area contributed by atoms with Crippen LogP contribution in [-0.2, 0) is 12.1 Å². The maximum atomic E-state index is 15.3. The molecule has 2 aliphatic heterocycles. The van der Waals surface area contributed by atoms with Gasteiger partial charge in [0.2, 0.25) is 0 Å². The van der Waals surface area contributed by atoms with Gasteiger partial charge in [0.25, 0.3) is 0 Å². The summed E-state index contributed by atoms with van der Waals surface area (Å²) in [7, 11) is 2.09. The number of halogens is 2. The first kappa shape index (κ1) is 20.8. The maximum Gasteiger partial charge on any atom is 0.193 e. The predicted molar refractivity (Wildman–Crippen MR) is 116 cm³/mol. The smallest absolute Gasteiger partial charge is 0.193 e. The van der Waals surface area contributed by atoms with E-state index in [1.54, 1.807) is 18.3 Å². The number of H-pyrrole nitrogens is 1. The summed E-state index contributed by atoms with van der Waals surface area (Å²) in [5.74, 6) is 1.17. The average molecular weight is 416 g/mol. The second-order valence-corrected chi connectivity index (χ2v) is 8.65. The summed E-state index contributed by atoms with van der Waals surface area (Å²) in [4.78, 5) is 11.7. The van der Waals surface area contributed by atoms with Gasteiger partial charge in [-0.3, -0.25) is 9.88 Å². The van der Waals surface area contributed by atoms with Crippen LogP contribution in [-0.4, -0.2) is 60.8 Å². The van der Waals surface area contributed by atoms with Crippen molar-refractivity contribution >= 4 is 5.82 Å². The molecule has 0 bridgehead atoms. The highest BCUT2D eigenvalue weighted by atomic mass is 19.2. The second-order valence-electron chi connectivity index (χ2n) is 8.65. The third kappa shape index (κ3) is 4.51. The van der Waals surface area contributed by atoms with Gasteiger partial charge >= 0.3 is 0 Å². The Labute approximate surface area is 177 Å². The van der Waals surface area contributed by atoms with Gasteiger partial charge in [0.05, 0.1) is 5.69 Å². The fourth-order valence-electron chi connectivity index (χ4n) is 4.39. The molecule has 0 saturated carbocycles. The lowest BCUT2D eigenvalue weighted by atomic mass is 9.98. The molecule has 1 unspecified atom stereocenters. The number of hydrogen-bond acceptors (Lipinski definition) is 4. The molecule has 0 spiro atoms. The van der Waals surface area contributed by atoms with E-state index in [1.807, 2.05) is 18.0 Å². The Hall–Kier alpha value is -2.41. The van der Waals surface area contributed by atoms with Crippen molar-refractivity contribution in [1.29, 1.82) is 0 Å². The van der Waals surface area contributed by atoms with Crippen LogP contribution in [0, 0.1) is 6.92 Å². The Bertz CT molecular complexity index is 870. The molecule has 5 nitrogen and oxygen atoms in total. The number of allylic oxidation sites excluding steroid dienone is 1. The summed E-state index contributed by atoms with van der Waals surface area (Å²) in [5, 5.41) is 3.70. The van der Waals surface area contributed by atoms with E-state index in [1.165, 1.54) is 17.1 Å². The number of likely N-dealkylation sites (N-methyl/N-ethyl adjacent to an activating group) is 1. The molecule has 2 N–H and O–H groups in total. The van der Waals surface area contributed by atoms with Crippen LogP contribution < -0.4 is 10.2 Å². The Kier molecular flexibility index (Phi) is 6.09. The topological polar surface area (TPSA) is 47.2 Å². The van der Waals surface area contributed by atoms with Crippen LogP contribution in [0.15, 0.2) is 42.4 Å². The van der Waals surface area contributed by atoms with Crippen LogP contribution in [0.25, 0.3) is 0 Å². The van der Waals surface area contributed by atoms with Gasteiger partial charge in [-0.15, -0.1) is 0 Å². The molecule has 1 saturated heterocycles. The monoisotopic (exact) mass is 415 g/mol. The van der Waals surface area contributed by atoms with E-state index < -0.39 is 12.3 Å². The van der Waals surface area contributed by atoms with Crippen molar-refractivity contribution < 1.29 is 8.78 Å². The van der Waals surface area contributed by atoms with Crippen LogP contribution in [0.1, 0.15) is 29.7 Å². The van der Waals surface area contributed by atoms with E-state index in [0.29, 0.717) is 6.04 Å². The van der Waals surface area contributed by atoms with Gasteiger partial charge < -0.3 is 15.2 Å². The lowest BCUT2D eigenvalue weighted by Gasteiger charge is -2.36. The van der Waals surface area contributed by atoms with E-state index in [9.17, 15) is 4.39 Å². The predicted octanol–water partition coefficient (Wildman–Crippen LogP) is 3.48. The minimum absolute atomic E-state index is 0.0481. The van der Waals surface area contributed by atoms with Gasteiger partial charge in [-0.05, 0) is 49.1 Å². The molecule has 0 aliphatic carbocycles. The molecule has 0 radical (unpaired) electrons. The molecular formula is C23H31F2N5. The molecule has 2 aromatic rings. The van der Waals surface area contributed by atoms with E-state index in [4.69, 9.17) is 0 Å². The largest absolute Gasteiger partial charge is 0.385 e. The SMILES string of the molecule is Cc1ccc(C(F)(CF)CN2CCC(NC3=CCN(C)c4[nH]ccc4C3)CC2)nc1. The number of anilines is 1. The first-order valence-corrected chi connectivity index (χ1v) is 10.7. The number of aromatic nitrogens is 2. The summed E-state index contributed by atoms with van der Waals surface area (Å²) >= 11 is 0. The van der Waals surface area contributed by atoms with Gasteiger partial charge in [0.1, 0.15) is 12.5 Å². The highest BCUT2D eigenvalue weighted by molar-refractivity contribution is 5.51. The summed E-state index contributed by atoms with van der Waals surface area (Å²) in [6.45, 7) is 3.24. The molecule has 0 aromatic carbocycles. The zero-order chi connectivity index (χ0) is 21.1. The van der Waals surface area contributed by atoms with E-state index in [-0.39, 0.29) is 12.2 Å². The van der Waals surface area contributed by atoms with Gasteiger partial charge in [-0.1, -0.05) is 6.07 Å². The van der Waals surface area contributed by atoms with Crippen LogP contribution in [0.2, 0.25) is 0 Å². The molecule has 30 heavy (non-hydrogen) atoms. The summed E-state index contributed by atoms with van der Waals surface area (Å²) < 4.78 is 29.0. The molecule has 1 fully saturated rings. The van der Waals surface area contributed by atoms with Crippen LogP contribution in [0.4, 0.5) is 14.6 Å². The minimum atomic E-state index is -2.05. The number of likely N-dealkylation sites (tertiary alicyclic amines) is 1. The van der Waals surface area contributed by atoms with Crippen molar-refractivity contribution in [2.45, 2.75) is 37.9 Å². The van der Waals surface area contributed by atoms with Crippen molar-refractivity contribution in [1.82, 2.24) is 20.2 Å². The number of rotatable bonds is 6. The third-order valence-electron chi connectivity index (χ3n) is 6.22. The molecule has 2 aliphatic rings. The quantitative estimate of drug-likeness (QED) is 0.758. The van der Waals surface area contributed by atoms with Gasteiger partial charge in [0, 0.05) is 63.8 Å². The van der Waals surface area contributed by atoms with Crippen molar-refractivity contribution in [2.24, 2.45) is 0 Å². The summed E-state index contributed by atoms with van der Waals surface area (Å²) in [6.07, 6.45) is 8.55. The second kappa shape index (κ2) is 8.76. The van der Waals surface area contributed by atoms with Crippen LogP contribution in [0.3, 0.4) is 0 Å². The Morgan fingerprint density at radius 2 is 2.07 bits per heavy atom. The lowest BCUT2D eigenvalue weighted by molar-refractivity contribution is 0.0476. The number of hydrogen-bond donors (Lipinski definition) is 2. The highest BCUT2D eigenvalue weighted by Gasteiger charge is 2.37. The summed E-state index contributed by atoms with van der Waals surface area (Å²) in [6, 6.07) is 5.88. The number of piperidine rings is 1. The molecular weight excluding hydrogens is 384 g/mol. The Balaban J connectivity index is 1.32. The highest BCUT2D eigenvalue weighted by Crippen LogP contribution is 2.28. The van der Waals surface area contributed by atoms with E-state index >= 15 is 4.39 Å². The van der Waals surface area contributed by atoms with Gasteiger partial charge in [-0.25, -0.2) is 8.78 Å². The van der Waals surface area contributed by atoms with E-state index in [2.05, 4.69) is 39.4 Å². The third-order valence-corrected chi connectivity index (χ3v) is 6.22. The molecule has 2 aromatic heterocycles. The molecule has 162 valence electrons. The first-order chi connectivity index (χ1) is 14.5. The van der Waals surface area contributed by atoms with Crippen molar-refractivity contribution in [3.63, 3.8) is 0 Å². The fraction of sp³-hybridized carbons (Fsp3) is 0.522. The van der Waals surface area contributed by atoms with Crippen LogP contribution >= 0.6 is 0 Å². The normalized spacial score (nSPS) is 20.3. The molecule has 4 heterocycles. The maximum absolute atomic E-state index is 15.3. The van der Waals surface area contributed by atoms with Crippen LogP contribution in [0.5, 0.6) is 0 Å². The zero-order valence-corrected chi connectivity index (χ0v) is 17.8. The zero-order valence-electron chi connectivity index (χ0n) is 17.8. The van der Waals surface area contributed by atoms with Gasteiger partial charge in [-0.2, -0.15) is 0 Å². The fourth-order valence-corrected chi connectivity index (χ4v) is 4.39. The number of nitrogens with zero attached hydrogens (tertiary/aromatic N) is 3. The van der Waals surface area contributed by atoms with Crippen molar-refractivity contribution in [2.75, 3.05) is 44.8 Å². The molecule has 7 heteroatoms. The number of pyridine rings is 1. The van der Waals surface area contributed by atoms with Gasteiger partial charge in [0.15, 0.2) is 5.67 Å². The van der Waals surface area contributed by atoms with Crippen molar-refractivity contribution in [3.8, 4) is 0 Å². The summed E-state index contributed by atoms with van der Waals surface area (Å²) in [5.41, 5.74) is 1.61. The average Bonchev–Trinajstić information content (AvgIpc) is 3.16. The molecule has 1 atom stereocenters. The Morgan fingerprint density at radius 3 is 2.77 bits per heavy atom.